The molecule has 0 bridgehead atoms. The number of anilines is 1. The van der Waals surface area contributed by atoms with Crippen molar-refractivity contribution < 1.29 is 19.3 Å². The fourth-order valence-electron chi connectivity index (χ4n) is 4.61. The number of thiazole rings is 1. The molecule has 1 saturated carbocycles. The summed E-state index contributed by atoms with van der Waals surface area (Å²) in [5.41, 5.74) is 3.52. The maximum Gasteiger partial charge on any atom is 0.318 e. The number of aliphatic hydroxyl groups excluding tert-OH is 1. The Morgan fingerprint density at radius 2 is 1.81 bits per heavy atom. The second-order valence-electron chi connectivity index (χ2n) is 9.01. The third kappa shape index (κ3) is 5.22. The summed E-state index contributed by atoms with van der Waals surface area (Å²) < 4.78 is 17.9. The molecule has 8 nitrogen and oxygen atoms in total. The molecule has 2 heterocycles. The van der Waals surface area contributed by atoms with Crippen LogP contribution in [-0.2, 0) is 6.61 Å². The average Bonchev–Trinajstić information content (AvgIpc) is 3.53. The number of benzene rings is 2. The molecule has 0 unspecified atom stereocenters. The van der Waals surface area contributed by atoms with E-state index in [2.05, 4.69) is 16.4 Å². The Balaban J connectivity index is 1.47. The molecule has 9 heteroatoms. The average molecular weight is 507 g/mol. The lowest BCUT2D eigenvalue weighted by molar-refractivity contribution is 0.229. The van der Waals surface area contributed by atoms with Crippen molar-refractivity contribution in [3.05, 3.63) is 53.7 Å². The molecule has 2 aromatic carbocycles. The van der Waals surface area contributed by atoms with Crippen LogP contribution in [0, 0.1) is 12.8 Å². The van der Waals surface area contributed by atoms with Crippen molar-refractivity contribution in [2.24, 2.45) is 5.92 Å². The van der Waals surface area contributed by atoms with E-state index in [4.69, 9.17) is 24.2 Å². The fraction of sp³-hybridized carbons (Fsp3) is 0.370. The minimum Gasteiger partial charge on any atom is -0.497 e. The van der Waals surface area contributed by atoms with Gasteiger partial charge in [-0.1, -0.05) is 12.1 Å². The second-order valence-corrected chi connectivity index (χ2v) is 10.0. The van der Waals surface area contributed by atoms with Crippen molar-refractivity contribution in [1.82, 2.24) is 15.0 Å². The highest BCUT2D eigenvalue weighted by molar-refractivity contribution is 7.21. The first-order valence-electron chi connectivity index (χ1n) is 12.0. The highest BCUT2D eigenvalue weighted by atomic mass is 32.1. The molecule has 188 valence electrons. The van der Waals surface area contributed by atoms with E-state index in [1.807, 2.05) is 43.3 Å². The maximum absolute atomic E-state index is 9.60. The van der Waals surface area contributed by atoms with Gasteiger partial charge in [0.2, 0.25) is 0 Å². The third-order valence-corrected chi connectivity index (χ3v) is 7.55. The minimum atomic E-state index is 0.212. The molecule has 0 saturated heterocycles. The molecular formula is C27H30N4O4S. The number of fused-ring (bicyclic) bond motifs is 1. The van der Waals surface area contributed by atoms with Gasteiger partial charge in [0.25, 0.3) is 0 Å². The van der Waals surface area contributed by atoms with Gasteiger partial charge < -0.3 is 24.6 Å². The maximum atomic E-state index is 9.60. The topological polar surface area (TPSA) is 98.6 Å². The highest BCUT2D eigenvalue weighted by Crippen LogP contribution is 2.38. The van der Waals surface area contributed by atoms with E-state index in [9.17, 15) is 5.11 Å². The Labute approximate surface area is 214 Å². The summed E-state index contributed by atoms with van der Waals surface area (Å²) >= 11 is 1.63. The first-order chi connectivity index (χ1) is 17.6. The van der Waals surface area contributed by atoms with Crippen LogP contribution in [0.4, 0.5) is 5.82 Å². The number of aryl methyl sites for hydroxylation is 1. The van der Waals surface area contributed by atoms with Gasteiger partial charge in [-0.15, -0.1) is 11.3 Å². The zero-order valence-electron chi connectivity index (χ0n) is 20.7. The SMILES string of the molecule is COc1cc(COc2nc(C)c(-c3nc4ccccc4s3)c(N[C@H]3CC[C@@H](CO)C3)n2)cc(OC)c1. The van der Waals surface area contributed by atoms with E-state index in [0.717, 1.165) is 51.3 Å². The molecule has 0 amide bonds. The van der Waals surface area contributed by atoms with Crippen LogP contribution in [0.25, 0.3) is 20.8 Å². The molecule has 1 fully saturated rings. The molecule has 5 rings (SSSR count). The summed E-state index contributed by atoms with van der Waals surface area (Å²) in [5.74, 6) is 2.41. The van der Waals surface area contributed by atoms with Crippen molar-refractivity contribution in [2.75, 3.05) is 26.1 Å². The van der Waals surface area contributed by atoms with Crippen LogP contribution in [0.1, 0.15) is 30.5 Å². The number of para-hydroxylation sites is 1. The number of aliphatic hydroxyl groups is 1. The number of hydrogen-bond acceptors (Lipinski definition) is 9. The van der Waals surface area contributed by atoms with Gasteiger partial charge >= 0.3 is 6.01 Å². The van der Waals surface area contributed by atoms with Crippen LogP contribution in [-0.4, -0.2) is 46.9 Å². The number of ether oxygens (including phenoxy) is 3. The second kappa shape index (κ2) is 10.7. The van der Waals surface area contributed by atoms with E-state index in [-0.39, 0.29) is 19.3 Å². The molecule has 4 aromatic rings. The van der Waals surface area contributed by atoms with Gasteiger partial charge in [0.1, 0.15) is 28.9 Å². The van der Waals surface area contributed by atoms with E-state index in [1.54, 1.807) is 25.6 Å². The quantitative estimate of drug-likeness (QED) is 0.318. The Hall–Kier alpha value is -3.43. The van der Waals surface area contributed by atoms with E-state index < -0.39 is 0 Å². The number of rotatable bonds is 9. The molecule has 0 aliphatic heterocycles. The molecule has 2 N–H and O–H groups in total. The summed E-state index contributed by atoms with van der Waals surface area (Å²) in [7, 11) is 3.24. The lowest BCUT2D eigenvalue weighted by Gasteiger charge is -2.18. The highest BCUT2D eigenvalue weighted by Gasteiger charge is 2.27. The summed E-state index contributed by atoms with van der Waals surface area (Å²) in [6, 6.07) is 14.2. The normalized spacial score (nSPS) is 17.3. The van der Waals surface area contributed by atoms with Crippen LogP contribution in [0.5, 0.6) is 17.5 Å². The Morgan fingerprint density at radius 1 is 1.03 bits per heavy atom. The van der Waals surface area contributed by atoms with Gasteiger partial charge in [0.05, 0.1) is 35.7 Å². The van der Waals surface area contributed by atoms with Crippen LogP contribution in [0.15, 0.2) is 42.5 Å². The van der Waals surface area contributed by atoms with Crippen molar-refractivity contribution in [1.29, 1.82) is 0 Å². The van der Waals surface area contributed by atoms with Gasteiger partial charge in [-0.05, 0) is 61.9 Å². The molecule has 1 aliphatic rings. The van der Waals surface area contributed by atoms with E-state index >= 15 is 0 Å². The summed E-state index contributed by atoms with van der Waals surface area (Å²) in [6.07, 6.45) is 2.88. The number of methoxy groups -OCH3 is 2. The zero-order valence-corrected chi connectivity index (χ0v) is 21.5. The van der Waals surface area contributed by atoms with Gasteiger partial charge in [0, 0.05) is 18.7 Å². The van der Waals surface area contributed by atoms with Crippen molar-refractivity contribution in [2.45, 2.75) is 38.8 Å². The molecular weight excluding hydrogens is 476 g/mol. The van der Waals surface area contributed by atoms with Crippen molar-refractivity contribution in [3.63, 3.8) is 0 Å². The summed E-state index contributed by atoms with van der Waals surface area (Å²) in [6.45, 7) is 2.44. The molecule has 1 aliphatic carbocycles. The molecule has 0 radical (unpaired) electrons. The fourth-order valence-corrected chi connectivity index (χ4v) is 5.68. The smallest absolute Gasteiger partial charge is 0.318 e. The number of nitrogens with one attached hydrogen (secondary N) is 1. The van der Waals surface area contributed by atoms with Crippen molar-refractivity contribution >= 4 is 27.4 Å². The molecule has 0 spiro atoms. The van der Waals surface area contributed by atoms with Gasteiger partial charge in [-0.3, -0.25) is 0 Å². The first kappa shape index (κ1) is 24.3. The first-order valence-corrected chi connectivity index (χ1v) is 12.8. The molecule has 2 aromatic heterocycles. The standard InChI is InChI=1S/C27H30N4O4S/c1-16-24(26-30-22-6-4-5-7-23(22)36-26)25(29-19-9-8-17(10-19)14-32)31-27(28-16)35-15-18-11-20(33-2)13-21(12-18)34-3/h4-7,11-13,17,19,32H,8-10,14-15H2,1-3H3,(H,28,29,31)/t17-,19+/m1/s1. The predicted octanol–water partition coefficient (Wildman–Crippen LogP) is 5.23. The van der Waals surface area contributed by atoms with E-state index in [1.165, 1.54) is 0 Å². The molecule has 2 atom stereocenters. The van der Waals surface area contributed by atoms with Gasteiger partial charge in [-0.25, -0.2) is 4.98 Å². The molecule has 36 heavy (non-hydrogen) atoms. The summed E-state index contributed by atoms with van der Waals surface area (Å²) in [4.78, 5) is 14.3. The lowest BCUT2D eigenvalue weighted by atomic mass is 10.1. The van der Waals surface area contributed by atoms with Crippen LogP contribution < -0.4 is 19.5 Å². The van der Waals surface area contributed by atoms with E-state index in [0.29, 0.717) is 29.2 Å². The Bertz CT molecular complexity index is 1300. The number of hydrogen-bond donors (Lipinski definition) is 2. The van der Waals surface area contributed by atoms with Crippen LogP contribution in [0.2, 0.25) is 0 Å². The lowest BCUT2D eigenvalue weighted by Crippen LogP contribution is -2.19. The number of nitrogens with zero attached hydrogens (tertiary/aromatic N) is 3. The third-order valence-electron chi connectivity index (χ3n) is 6.50. The zero-order chi connectivity index (χ0) is 25.1. The largest absolute Gasteiger partial charge is 0.497 e. The van der Waals surface area contributed by atoms with Crippen LogP contribution >= 0.6 is 11.3 Å². The monoisotopic (exact) mass is 506 g/mol. The predicted molar refractivity (Wildman–Crippen MR) is 141 cm³/mol. The van der Waals surface area contributed by atoms with Gasteiger partial charge in [0.15, 0.2) is 0 Å². The Kier molecular flexibility index (Phi) is 7.20. The number of aromatic nitrogens is 3. The van der Waals surface area contributed by atoms with Crippen molar-refractivity contribution in [3.8, 4) is 28.1 Å². The van der Waals surface area contributed by atoms with Gasteiger partial charge in [-0.2, -0.15) is 9.97 Å². The Morgan fingerprint density at radius 3 is 2.50 bits per heavy atom. The summed E-state index contributed by atoms with van der Waals surface area (Å²) in [5, 5.41) is 14.1. The minimum absolute atomic E-state index is 0.212. The van der Waals surface area contributed by atoms with Crippen LogP contribution in [0.3, 0.4) is 0 Å².